The fourth-order valence-corrected chi connectivity index (χ4v) is 7.00. The van der Waals surface area contributed by atoms with Crippen LogP contribution in [0.4, 0.5) is 5.13 Å². The van der Waals surface area contributed by atoms with Crippen LogP contribution in [0.2, 0.25) is 0 Å². The lowest BCUT2D eigenvalue weighted by atomic mass is 10.0. The first-order chi connectivity index (χ1) is 12.9. The van der Waals surface area contributed by atoms with E-state index in [0.717, 1.165) is 28.6 Å². The number of benzene rings is 1. The molecular weight excluding hydrogens is 402 g/mol. The number of amides is 1. The highest BCUT2D eigenvalue weighted by Gasteiger charge is 2.38. The normalized spacial score (nSPS) is 18.6. The van der Waals surface area contributed by atoms with Crippen molar-refractivity contribution in [3.63, 3.8) is 0 Å². The number of anilines is 1. The Morgan fingerprint density at radius 3 is 2.93 bits per heavy atom. The van der Waals surface area contributed by atoms with Gasteiger partial charge in [0.2, 0.25) is 5.91 Å². The first-order valence-corrected chi connectivity index (χ1v) is 11.8. The predicted octanol–water partition coefficient (Wildman–Crippen LogP) is 3.85. The largest absolute Gasteiger partial charge is 0.301 e. The van der Waals surface area contributed by atoms with E-state index in [9.17, 15) is 13.2 Å². The van der Waals surface area contributed by atoms with Crippen molar-refractivity contribution < 1.29 is 13.2 Å². The highest BCUT2D eigenvalue weighted by molar-refractivity contribution is 7.91. The summed E-state index contributed by atoms with van der Waals surface area (Å²) >= 11 is 2.58. The monoisotopic (exact) mass is 421 g/mol. The summed E-state index contributed by atoms with van der Waals surface area (Å²) in [4.78, 5) is 17.3. The number of aryl methyl sites for hydroxylation is 1. The molecule has 3 aromatic rings. The minimum absolute atomic E-state index is 0.276. The van der Waals surface area contributed by atoms with Gasteiger partial charge in [-0.2, -0.15) is 4.31 Å². The van der Waals surface area contributed by atoms with Crippen molar-refractivity contribution in [2.24, 2.45) is 0 Å². The second-order valence-corrected chi connectivity index (χ2v) is 10.6. The predicted molar refractivity (Wildman–Crippen MR) is 109 cm³/mol. The number of carbonyl (C=O) groups excluding carboxylic acids is 1. The van der Waals surface area contributed by atoms with Crippen LogP contribution in [0, 0.1) is 6.92 Å². The van der Waals surface area contributed by atoms with E-state index in [0.29, 0.717) is 18.1 Å². The summed E-state index contributed by atoms with van der Waals surface area (Å²) in [7, 11) is -3.66. The Hall–Kier alpha value is -1.81. The van der Waals surface area contributed by atoms with E-state index in [-0.39, 0.29) is 10.1 Å². The molecule has 1 amide bonds. The second kappa shape index (κ2) is 7.31. The van der Waals surface area contributed by atoms with Gasteiger partial charge in [0.15, 0.2) is 5.13 Å². The summed E-state index contributed by atoms with van der Waals surface area (Å²) in [6.45, 7) is 2.37. The van der Waals surface area contributed by atoms with Crippen molar-refractivity contribution in [1.29, 1.82) is 0 Å². The van der Waals surface area contributed by atoms with Crippen molar-refractivity contribution in [3.8, 4) is 0 Å². The summed E-state index contributed by atoms with van der Waals surface area (Å²) in [6.07, 6.45) is 2.10. The van der Waals surface area contributed by atoms with E-state index in [4.69, 9.17) is 0 Å². The van der Waals surface area contributed by atoms with Crippen LogP contribution in [0.1, 0.15) is 24.8 Å². The minimum atomic E-state index is -3.66. The number of fused-ring (bicyclic) bond motifs is 1. The number of piperidine rings is 1. The molecule has 1 atom stereocenters. The maximum absolute atomic E-state index is 12.9. The smallest absolute Gasteiger partial charge is 0.253 e. The summed E-state index contributed by atoms with van der Waals surface area (Å²) < 4.78 is 28.5. The quantitative estimate of drug-likeness (QED) is 0.694. The van der Waals surface area contributed by atoms with Gasteiger partial charge in [0.05, 0.1) is 10.2 Å². The number of aromatic nitrogens is 1. The lowest BCUT2D eigenvalue weighted by molar-refractivity contribution is -0.120. The minimum Gasteiger partial charge on any atom is -0.301 e. The van der Waals surface area contributed by atoms with E-state index in [1.165, 1.54) is 27.0 Å². The summed E-state index contributed by atoms with van der Waals surface area (Å²) in [5, 5.41) is 5.06. The number of nitrogens with one attached hydrogen (secondary N) is 1. The number of carbonyl (C=O) groups is 1. The van der Waals surface area contributed by atoms with Gasteiger partial charge in [-0.3, -0.25) is 4.79 Å². The van der Waals surface area contributed by atoms with Crippen molar-refractivity contribution in [3.05, 3.63) is 41.3 Å². The number of rotatable bonds is 4. The average molecular weight is 422 g/mol. The molecule has 0 bridgehead atoms. The van der Waals surface area contributed by atoms with E-state index in [1.54, 1.807) is 17.5 Å². The van der Waals surface area contributed by atoms with Crippen molar-refractivity contribution in [1.82, 2.24) is 9.29 Å². The second-order valence-electron chi connectivity index (χ2n) is 6.54. The number of thiophene rings is 1. The third kappa shape index (κ3) is 3.64. The molecule has 4 rings (SSSR count). The third-order valence-electron chi connectivity index (χ3n) is 4.59. The van der Waals surface area contributed by atoms with Crippen LogP contribution in [0.3, 0.4) is 0 Å². The molecule has 0 saturated carbocycles. The van der Waals surface area contributed by atoms with Crippen LogP contribution in [0.15, 0.2) is 39.9 Å². The zero-order valence-electron chi connectivity index (χ0n) is 14.7. The average Bonchev–Trinajstić information content (AvgIpc) is 3.31. The first-order valence-electron chi connectivity index (χ1n) is 8.68. The summed E-state index contributed by atoms with van der Waals surface area (Å²) in [6, 6.07) is 8.50. The molecule has 1 aliphatic heterocycles. The van der Waals surface area contributed by atoms with Gasteiger partial charge in [0.25, 0.3) is 10.0 Å². The molecule has 6 nitrogen and oxygen atoms in total. The molecule has 1 N–H and O–H groups in total. The van der Waals surface area contributed by atoms with Crippen LogP contribution < -0.4 is 5.32 Å². The molecular formula is C18H19N3O3S3. The van der Waals surface area contributed by atoms with Crippen LogP contribution in [-0.4, -0.2) is 36.2 Å². The molecule has 1 saturated heterocycles. The van der Waals surface area contributed by atoms with Gasteiger partial charge >= 0.3 is 0 Å². The van der Waals surface area contributed by atoms with Crippen molar-refractivity contribution in [2.75, 3.05) is 11.9 Å². The van der Waals surface area contributed by atoms with Crippen molar-refractivity contribution in [2.45, 2.75) is 36.4 Å². The fourth-order valence-electron chi connectivity index (χ4n) is 3.25. The molecule has 3 heterocycles. The standard InChI is InChI=1S/C18H19N3O3S3/c1-12-7-8-13-15(11-12)26-18(19-13)20-17(22)14-5-2-3-9-21(14)27(23,24)16-6-4-10-25-16/h4,6-8,10-11,14H,2-3,5,9H2,1H3,(H,19,20,22)/t14-/m0/s1. The van der Waals surface area contributed by atoms with E-state index in [1.807, 2.05) is 25.1 Å². The van der Waals surface area contributed by atoms with Crippen LogP contribution in [-0.2, 0) is 14.8 Å². The lowest BCUT2D eigenvalue weighted by Crippen LogP contribution is -2.49. The van der Waals surface area contributed by atoms with Crippen LogP contribution >= 0.6 is 22.7 Å². The molecule has 1 aliphatic rings. The molecule has 0 radical (unpaired) electrons. The Balaban J connectivity index is 1.58. The Labute approximate surface area is 165 Å². The van der Waals surface area contributed by atoms with Gasteiger partial charge in [-0.05, 0) is 48.9 Å². The number of sulfonamides is 1. The fraction of sp³-hybridized carbons (Fsp3) is 0.333. The maximum Gasteiger partial charge on any atom is 0.253 e. The summed E-state index contributed by atoms with van der Waals surface area (Å²) in [5.41, 5.74) is 1.96. The molecule has 0 spiro atoms. The number of thiazole rings is 1. The molecule has 27 heavy (non-hydrogen) atoms. The summed E-state index contributed by atoms with van der Waals surface area (Å²) in [5.74, 6) is -0.314. The number of nitrogens with zero attached hydrogens (tertiary/aromatic N) is 2. The Kier molecular flexibility index (Phi) is 5.02. The Morgan fingerprint density at radius 2 is 2.15 bits per heavy atom. The van der Waals surface area contributed by atoms with E-state index in [2.05, 4.69) is 10.3 Å². The van der Waals surface area contributed by atoms with Gasteiger partial charge in [0.1, 0.15) is 10.3 Å². The Morgan fingerprint density at radius 1 is 1.30 bits per heavy atom. The van der Waals surface area contributed by atoms with Gasteiger partial charge in [0, 0.05) is 6.54 Å². The van der Waals surface area contributed by atoms with Crippen LogP contribution in [0.25, 0.3) is 10.2 Å². The highest BCUT2D eigenvalue weighted by Crippen LogP contribution is 2.30. The molecule has 9 heteroatoms. The third-order valence-corrected chi connectivity index (χ3v) is 8.80. The number of hydrogen-bond acceptors (Lipinski definition) is 6. The molecule has 1 aromatic carbocycles. The van der Waals surface area contributed by atoms with E-state index >= 15 is 0 Å². The van der Waals surface area contributed by atoms with Crippen molar-refractivity contribution >= 4 is 54.0 Å². The van der Waals surface area contributed by atoms with Crippen LogP contribution in [0.5, 0.6) is 0 Å². The molecule has 0 unspecified atom stereocenters. The highest BCUT2D eigenvalue weighted by atomic mass is 32.2. The lowest BCUT2D eigenvalue weighted by Gasteiger charge is -2.32. The molecule has 2 aromatic heterocycles. The zero-order valence-corrected chi connectivity index (χ0v) is 17.2. The van der Waals surface area contributed by atoms with Gasteiger partial charge in [-0.25, -0.2) is 13.4 Å². The SMILES string of the molecule is Cc1ccc2nc(NC(=O)[C@@H]3CCCCN3S(=O)(=O)c3cccs3)sc2c1. The molecule has 142 valence electrons. The van der Waals surface area contributed by atoms with Gasteiger partial charge < -0.3 is 5.32 Å². The van der Waals surface area contributed by atoms with Gasteiger partial charge in [-0.15, -0.1) is 11.3 Å². The molecule has 0 aliphatic carbocycles. The number of hydrogen-bond donors (Lipinski definition) is 1. The maximum atomic E-state index is 12.9. The zero-order chi connectivity index (χ0) is 19.0. The topological polar surface area (TPSA) is 79.4 Å². The molecule has 1 fully saturated rings. The van der Waals surface area contributed by atoms with Gasteiger partial charge in [-0.1, -0.05) is 29.9 Å². The Bertz CT molecular complexity index is 1070. The van der Waals surface area contributed by atoms with E-state index < -0.39 is 16.1 Å². The first kappa shape index (κ1) is 18.5.